The molecule has 7 nitrogen and oxygen atoms in total. The Labute approximate surface area is 200 Å². The van der Waals surface area contributed by atoms with Gasteiger partial charge in [-0.1, -0.05) is 29.8 Å². The van der Waals surface area contributed by atoms with Gasteiger partial charge in [-0.15, -0.1) is 22.7 Å². The maximum atomic E-state index is 12.9. The number of piperidine rings is 1. The van der Waals surface area contributed by atoms with Crippen molar-refractivity contribution in [2.45, 2.75) is 24.7 Å². The first-order chi connectivity index (χ1) is 15.9. The number of aromatic nitrogens is 2. The number of carbonyl (C=O) groups excluding carboxylic acids is 1. The van der Waals surface area contributed by atoms with Gasteiger partial charge in [-0.3, -0.25) is 4.79 Å². The van der Waals surface area contributed by atoms with Gasteiger partial charge in [0.1, 0.15) is 10.7 Å². The smallest absolute Gasteiger partial charge is 0.243 e. The summed E-state index contributed by atoms with van der Waals surface area (Å²) in [6.07, 6.45) is 0.958. The fourth-order valence-electron chi connectivity index (χ4n) is 3.84. The van der Waals surface area contributed by atoms with Gasteiger partial charge in [0.15, 0.2) is 5.13 Å². The van der Waals surface area contributed by atoms with Crippen LogP contribution in [0.5, 0.6) is 0 Å². The molecule has 0 spiro atoms. The fourth-order valence-corrected chi connectivity index (χ4v) is 7.01. The molecular formula is C23H22N4O3S3. The van der Waals surface area contributed by atoms with Gasteiger partial charge in [0.25, 0.3) is 0 Å². The van der Waals surface area contributed by atoms with Gasteiger partial charge >= 0.3 is 0 Å². The Hall–Kier alpha value is -2.66. The first-order valence-electron chi connectivity index (χ1n) is 10.6. The number of aryl methyl sites for hydroxylation is 1. The van der Waals surface area contributed by atoms with Crippen molar-refractivity contribution in [1.29, 1.82) is 0 Å². The minimum Gasteiger partial charge on any atom is -0.302 e. The molecule has 0 bridgehead atoms. The van der Waals surface area contributed by atoms with Crippen LogP contribution in [0.25, 0.3) is 20.9 Å². The molecule has 1 amide bonds. The van der Waals surface area contributed by atoms with Gasteiger partial charge < -0.3 is 5.32 Å². The molecule has 170 valence electrons. The zero-order chi connectivity index (χ0) is 23.0. The topological polar surface area (TPSA) is 92.3 Å². The minimum atomic E-state index is -3.54. The van der Waals surface area contributed by atoms with Crippen LogP contribution in [0.2, 0.25) is 0 Å². The van der Waals surface area contributed by atoms with Gasteiger partial charge in [-0.05, 0) is 44.0 Å². The molecule has 1 saturated heterocycles. The molecule has 5 rings (SSSR count). The van der Waals surface area contributed by atoms with Crippen molar-refractivity contribution in [3.63, 3.8) is 0 Å². The third kappa shape index (κ3) is 4.56. The Morgan fingerprint density at radius 3 is 2.52 bits per heavy atom. The Morgan fingerprint density at radius 2 is 1.79 bits per heavy atom. The zero-order valence-corrected chi connectivity index (χ0v) is 20.3. The van der Waals surface area contributed by atoms with Crippen molar-refractivity contribution < 1.29 is 13.2 Å². The van der Waals surface area contributed by atoms with E-state index >= 15 is 0 Å². The first kappa shape index (κ1) is 22.1. The highest BCUT2D eigenvalue weighted by Gasteiger charge is 2.32. The summed E-state index contributed by atoms with van der Waals surface area (Å²) in [5.74, 6) is -0.364. The first-order valence-corrected chi connectivity index (χ1v) is 13.7. The van der Waals surface area contributed by atoms with Crippen molar-refractivity contribution in [1.82, 2.24) is 14.3 Å². The van der Waals surface area contributed by atoms with E-state index in [2.05, 4.69) is 15.3 Å². The van der Waals surface area contributed by atoms with Crippen LogP contribution < -0.4 is 5.32 Å². The number of rotatable bonds is 5. The van der Waals surface area contributed by atoms with E-state index in [-0.39, 0.29) is 11.8 Å². The molecule has 4 aromatic rings. The van der Waals surface area contributed by atoms with Crippen LogP contribution in [0.1, 0.15) is 18.4 Å². The quantitative estimate of drug-likeness (QED) is 0.428. The van der Waals surface area contributed by atoms with Gasteiger partial charge in [0.05, 0.1) is 15.1 Å². The number of hydrogen-bond acceptors (Lipinski definition) is 7. The minimum absolute atomic E-state index is 0.118. The monoisotopic (exact) mass is 498 g/mol. The number of thiazole rings is 2. The summed E-state index contributed by atoms with van der Waals surface area (Å²) in [4.78, 5) is 22.2. The molecule has 0 unspecified atom stereocenters. The predicted octanol–water partition coefficient (Wildman–Crippen LogP) is 4.77. The highest BCUT2D eigenvalue weighted by Crippen LogP contribution is 2.32. The van der Waals surface area contributed by atoms with Crippen LogP contribution in [0.4, 0.5) is 5.13 Å². The third-order valence-corrected chi connectivity index (χ3v) is 9.46. The van der Waals surface area contributed by atoms with Crippen LogP contribution in [0.3, 0.4) is 0 Å². The number of anilines is 1. The average Bonchev–Trinajstić information content (AvgIpc) is 3.46. The van der Waals surface area contributed by atoms with Crippen LogP contribution >= 0.6 is 22.7 Å². The van der Waals surface area contributed by atoms with E-state index in [1.165, 1.54) is 15.6 Å². The van der Waals surface area contributed by atoms with E-state index in [4.69, 9.17) is 0 Å². The summed E-state index contributed by atoms with van der Waals surface area (Å²) < 4.78 is 28.3. The number of amides is 1. The van der Waals surface area contributed by atoms with E-state index < -0.39 is 10.0 Å². The van der Waals surface area contributed by atoms with E-state index in [0.717, 1.165) is 26.5 Å². The van der Waals surface area contributed by atoms with Gasteiger partial charge in [0.2, 0.25) is 15.9 Å². The highest BCUT2D eigenvalue weighted by molar-refractivity contribution is 7.89. The lowest BCUT2D eigenvalue weighted by Crippen LogP contribution is -2.41. The van der Waals surface area contributed by atoms with Crippen molar-refractivity contribution in [2.24, 2.45) is 5.92 Å². The summed E-state index contributed by atoms with van der Waals surface area (Å²) in [6.45, 7) is 2.57. The van der Waals surface area contributed by atoms with Gasteiger partial charge in [-0.2, -0.15) is 4.31 Å². The SMILES string of the molecule is Cc1ccc(S(=O)(=O)N2CCC(C(=O)Nc3nc(-c4nc5ccccc5s4)cs3)CC2)cc1. The molecule has 0 atom stereocenters. The number of carbonyl (C=O) groups is 1. The predicted molar refractivity (Wildman–Crippen MR) is 132 cm³/mol. The van der Waals surface area contributed by atoms with Crippen molar-refractivity contribution in [3.05, 3.63) is 59.5 Å². The molecule has 1 fully saturated rings. The summed E-state index contributed by atoms with van der Waals surface area (Å²) in [5.41, 5.74) is 2.69. The van der Waals surface area contributed by atoms with Crippen LogP contribution in [0.15, 0.2) is 58.8 Å². The molecule has 0 saturated carbocycles. The lowest BCUT2D eigenvalue weighted by molar-refractivity contribution is -0.120. The summed E-state index contributed by atoms with van der Waals surface area (Å²) in [7, 11) is -3.54. The number of benzene rings is 2. The number of sulfonamides is 1. The molecule has 1 aliphatic heterocycles. The van der Waals surface area contributed by atoms with Crippen molar-refractivity contribution in [3.8, 4) is 10.7 Å². The van der Waals surface area contributed by atoms with Crippen molar-refractivity contribution in [2.75, 3.05) is 18.4 Å². The summed E-state index contributed by atoms with van der Waals surface area (Å²) >= 11 is 2.94. The molecule has 10 heteroatoms. The number of para-hydroxylation sites is 1. The average molecular weight is 499 g/mol. The molecule has 2 aromatic carbocycles. The molecule has 3 heterocycles. The third-order valence-electron chi connectivity index (χ3n) is 5.73. The number of fused-ring (bicyclic) bond motifs is 1. The highest BCUT2D eigenvalue weighted by atomic mass is 32.2. The molecule has 1 aliphatic rings. The maximum Gasteiger partial charge on any atom is 0.243 e. The number of nitrogens with one attached hydrogen (secondary N) is 1. The van der Waals surface area contributed by atoms with Crippen molar-refractivity contribution >= 4 is 54.0 Å². The van der Waals surface area contributed by atoms with Crippen LogP contribution in [-0.4, -0.2) is 41.7 Å². The normalized spacial score (nSPS) is 15.7. The second-order valence-corrected chi connectivity index (χ2v) is 11.8. The standard InChI is InChI=1S/C23H22N4O3S3/c1-15-6-8-17(9-7-15)33(29,30)27-12-10-16(11-13-27)21(28)26-23-25-19(14-31-23)22-24-18-4-2-3-5-20(18)32-22/h2-9,14,16H,10-13H2,1H3,(H,25,26,28). The Kier molecular flexibility index (Phi) is 6.00. The van der Waals surface area contributed by atoms with E-state index in [9.17, 15) is 13.2 Å². The molecular weight excluding hydrogens is 476 g/mol. The largest absolute Gasteiger partial charge is 0.302 e. The molecule has 0 radical (unpaired) electrons. The summed E-state index contributed by atoms with van der Waals surface area (Å²) in [5, 5.41) is 6.15. The van der Waals surface area contributed by atoms with E-state index in [1.54, 1.807) is 35.6 Å². The van der Waals surface area contributed by atoms with Crippen LogP contribution in [-0.2, 0) is 14.8 Å². The Bertz CT molecular complexity index is 1370. The number of hydrogen-bond donors (Lipinski definition) is 1. The Morgan fingerprint density at radius 1 is 1.06 bits per heavy atom. The molecule has 2 aromatic heterocycles. The van der Waals surface area contributed by atoms with E-state index in [0.29, 0.717) is 36.0 Å². The lowest BCUT2D eigenvalue weighted by Gasteiger charge is -2.30. The second kappa shape index (κ2) is 8.94. The van der Waals surface area contributed by atoms with Gasteiger partial charge in [0, 0.05) is 24.4 Å². The molecule has 0 aliphatic carbocycles. The fraction of sp³-hybridized carbons (Fsp3) is 0.261. The maximum absolute atomic E-state index is 12.9. The van der Waals surface area contributed by atoms with Gasteiger partial charge in [-0.25, -0.2) is 18.4 Å². The zero-order valence-electron chi connectivity index (χ0n) is 17.9. The summed E-state index contributed by atoms with van der Waals surface area (Å²) in [6, 6.07) is 14.8. The van der Waals surface area contributed by atoms with E-state index in [1.807, 2.05) is 36.6 Å². The number of nitrogens with zero attached hydrogens (tertiary/aromatic N) is 3. The Balaban J connectivity index is 1.21. The lowest BCUT2D eigenvalue weighted by atomic mass is 9.97. The second-order valence-electron chi connectivity index (χ2n) is 8.01. The van der Waals surface area contributed by atoms with Crippen LogP contribution in [0, 0.1) is 12.8 Å². The molecule has 33 heavy (non-hydrogen) atoms. The molecule has 1 N–H and O–H groups in total.